The lowest BCUT2D eigenvalue weighted by atomic mass is 10.3. The normalized spacial score (nSPS) is 10.5. The number of carbonyl (C=O) groups is 1. The number of carbonyl (C=O) groups excluding carboxylic acids is 1. The lowest BCUT2D eigenvalue weighted by Crippen LogP contribution is -2.08. The van der Waals surface area contributed by atoms with E-state index in [2.05, 4.69) is 9.72 Å². The molecular formula is C12H11F2N3O2. The van der Waals surface area contributed by atoms with Crippen LogP contribution in [0.2, 0.25) is 0 Å². The fraction of sp³-hybridized carbons (Fsp3) is 0.167. The van der Waals surface area contributed by atoms with Crippen LogP contribution in [0.25, 0.3) is 5.69 Å². The zero-order valence-electron chi connectivity index (χ0n) is 10.3. The molecule has 0 saturated heterocycles. The van der Waals surface area contributed by atoms with Crippen molar-refractivity contribution in [2.75, 3.05) is 12.8 Å². The van der Waals surface area contributed by atoms with Gasteiger partial charge in [0.25, 0.3) is 0 Å². The molecule has 0 radical (unpaired) electrons. The maximum absolute atomic E-state index is 13.7. The van der Waals surface area contributed by atoms with Crippen molar-refractivity contribution in [2.45, 2.75) is 6.92 Å². The molecule has 1 aromatic heterocycles. The predicted molar refractivity (Wildman–Crippen MR) is 64.0 cm³/mol. The molecule has 7 heteroatoms. The van der Waals surface area contributed by atoms with Crippen LogP contribution in [0, 0.1) is 18.6 Å². The Morgan fingerprint density at radius 2 is 2.11 bits per heavy atom. The molecule has 0 unspecified atom stereocenters. The van der Waals surface area contributed by atoms with Gasteiger partial charge in [-0.2, -0.15) is 0 Å². The summed E-state index contributed by atoms with van der Waals surface area (Å²) in [6.45, 7) is 1.55. The number of nitrogens with two attached hydrogens (primary N) is 1. The first kappa shape index (κ1) is 13.0. The molecule has 0 atom stereocenters. The summed E-state index contributed by atoms with van der Waals surface area (Å²) in [7, 11) is 1.19. The standard InChI is InChI=1S/C12H11F2N3O2/c1-6-16-10(12(18)19-2)11(15)17(6)9-4-3-7(13)5-8(9)14/h3-5H,15H2,1-2H3. The molecular weight excluding hydrogens is 256 g/mol. The predicted octanol–water partition coefficient (Wildman–Crippen LogP) is 1.83. The minimum absolute atomic E-state index is 0.0130. The highest BCUT2D eigenvalue weighted by molar-refractivity contribution is 5.92. The molecule has 1 aromatic carbocycles. The van der Waals surface area contributed by atoms with E-state index < -0.39 is 17.6 Å². The molecule has 0 bridgehead atoms. The van der Waals surface area contributed by atoms with Gasteiger partial charge in [0.1, 0.15) is 23.3 Å². The fourth-order valence-corrected chi connectivity index (χ4v) is 1.76. The average molecular weight is 267 g/mol. The van der Waals surface area contributed by atoms with Crippen molar-refractivity contribution < 1.29 is 18.3 Å². The molecule has 0 amide bonds. The van der Waals surface area contributed by atoms with Gasteiger partial charge in [-0.1, -0.05) is 0 Å². The lowest BCUT2D eigenvalue weighted by molar-refractivity contribution is 0.0596. The zero-order valence-corrected chi connectivity index (χ0v) is 10.3. The molecule has 0 aliphatic heterocycles. The Morgan fingerprint density at radius 1 is 1.42 bits per heavy atom. The summed E-state index contributed by atoms with van der Waals surface area (Å²) in [6.07, 6.45) is 0. The number of halogens is 2. The van der Waals surface area contributed by atoms with Crippen LogP contribution in [0.15, 0.2) is 18.2 Å². The van der Waals surface area contributed by atoms with Crippen molar-refractivity contribution in [1.29, 1.82) is 0 Å². The summed E-state index contributed by atoms with van der Waals surface area (Å²) in [5.74, 6) is -1.99. The molecule has 1 heterocycles. The number of rotatable bonds is 2. The minimum Gasteiger partial charge on any atom is -0.464 e. The van der Waals surface area contributed by atoms with Gasteiger partial charge in [-0.25, -0.2) is 18.6 Å². The van der Waals surface area contributed by atoms with Crippen LogP contribution in [0.5, 0.6) is 0 Å². The molecule has 5 nitrogen and oxygen atoms in total. The highest BCUT2D eigenvalue weighted by Gasteiger charge is 2.21. The number of nitrogens with zero attached hydrogens (tertiary/aromatic N) is 2. The minimum atomic E-state index is -0.802. The van der Waals surface area contributed by atoms with Crippen LogP contribution in [-0.4, -0.2) is 22.6 Å². The lowest BCUT2D eigenvalue weighted by Gasteiger charge is -2.08. The third-order valence-corrected chi connectivity index (χ3v) is 2.61. The first-order valence-corrected chi connectivity index (χ1v) is 5.34. The fourth-order valence-electron chi connectivity index (χ4n) is 1.76. The number of esters is 1. The number of aromatic nitrogens is 2. The second kappa shape index (κ2) is 4.68. The third kappa shape index (κ3) is 2.14. The van der Waals surface area contributed by atoms with Gasteiger partial charge in [-0.05, 0) is 19.1 Å². The average Bonchev–Trinajstić information content (AvgIpc) is 2.65. The SMILES string of the molecule is COC(=O)c1nc(C)n(-c2ccc(F)cc2F)c1N. The number of aryl methyl sites for hydroxylation is 1. The molecule has 0 spiro atoms. The van der Waals surface area contributed by atoms with Crippen molar-refractivity contribution in [1.82, 2.24) is 9.55 Å². The summed E-state index contributed by atoms with van der Waals surface area (Å²) < 4.78 is 32.4. The number of benzene rings is 1. The van der Waals surface area contributed by atoms with Gasteiger partial charge in [-0.3, -0.25) is 4.57 Å². The van der Waals surface area contributed by atoms with Crippen molar-refractivity contribution >= 4 is 11.8 Å². The Bertz CT molecular complexity index is 653. The number of anilines is 1. The van der Waals surface area contributed by atoms with Gasteiger partial charge in [0, 0.05) is 6.07 Å². The number of ether oxygens (including phenoxy) is 1. The molecule has 2 aromatic rings. The van der Waals surface area contributed by atoms with Crippen LogP contribution in [-0.2, 0) is 4.74 Å². The molecule has 19 heavy (non-hydrogen) atoms. The van der Waals surface area contributed by atoms with Crippen molar-refractivity contribution in [3.63, 3.8) is 0 Å². The van der Waals surface area contributed by atoms with E-state index in [4.69, 9.17) is 5.73 Å². The van der Waals surface area contributed by atoms with E-state index in [0.29, 0.717) is 5.82 Å². The van der Waals surface area contributed by atoms with Crippen LogP contribution in [0.3, 0.4) is 0 Å². The number of hydrogen-bond donors (Lipinski definition) is 1. The van der Waals surface area contributed by atoms with Gasteiger partial charge < -0.3 is 10.5 Å². The maximum atomic E-state index is 13.7. The monoisotopic (exact) mass is 267 g/mol. The number of methoxy groups -OCH3 is 1. The highest BCUT2D eigenvalue weighted by Crippen LogP contribution is 2.23. The van der Waals surface area contributed by atoms with E-state index in [1.165, 1.54) is 17.7 Å². The van der Waals surface area contributed by atoms with Gasteiger partial charge in [0.15, 0.2) is 5.69 Å². The molecule has 0 aliphatic carbocycles. The van der Waals surface area contributed by atoms with Gasteiger partial charge in [0.2, 0.25) is 0 Å². The van der Waals surface area contributed by atoms with Crippen LogP contribution < -0.4 is 5.73 Å². The Balaban J connectivity index is 2.63. The molecule has 2 N–H and O–H groups in total. The summed E-state index contributed by atoms with van der Waals surface area (Å²) in [5.41, 5.74) is 5.66. The molecule has 0 aliphatic rings. The van der Waals surface area contributed by atoms with Crippen LogP contribution in [0.4, 0.5) is 14.6 Å². The first-order valence-electron chi connectivity index (χ1n) is 5.34. The van der Waals surface area contributed by atoms with Crippen LogP contribution >= 0.6 is 0 Å². The molecule has 0 saturated carbocycles. The van der Waals surface area contributed by atoms with E-state index in [1.54, 1.807) is 6.92 Å². The smallest absolute Gasteiger partial charge is 0.360 e. The largest absolute Gasteiger partial charge is 0.464 e. The summed E-state index contributed by atoms with van der Waals surface area (Å²) in [6, 6.07) is 3.04. The molecule has 0 fully saturated rings. The number of hydrogen-bond acceptors (Lipinski definition) is 4. The van der Waals surface area contributed by atoms with Gasteiger partial charge >= 0.3 is 5.97 Å². The maximum Gasteiger partial charge on any atom is 0.360 e. The van der Waals surface area contributed by atoms with Crippen LogP contribution in [0.1, 0.15) is 16.3 Å². The van der Waals surface area contributed by atoms with Crippen molar-refractivity contribution in [3.8, 4) is 5.69 Å². The quantitative estimate of drug-likeness (QED) is 0.843. The summed E-state index contributed by atoms with van der Waals surface area (Å²) >= 11 is 0. The second-order valence-electron chi connectivity index (χ2n) is 3.82. The van der Waals surface area contributed by atoms with Crippen molar-refractivity contribution in [3.05, 3.63) is 41.4 Å². The Kier molecular flexibility index (Phi) is 3.20. The Hall–Kier alpha value is -2.44. The highest BCUT2D eigenvalue weighted by atomic mass is 19.1. The van der Waals surface area contributed by atoms with Gasteiger partial charge in [-0.15, -0.1) is 0 Å². The van der Waals surface area contributed by atoms with E-state index in [-0.39, 0.29) is 17.2 Å². The summed E-state index contributed by atoms with van der Waals surface area (Å²) in [5, 5.41) is 0. The third-order valence-electron chi connectivity index (χ3n) is 2.61. The molecule has 100 valence electrons. The first-order chi connectivity index (χ1) is 8.95. The second-order valence-corrected chi connectivity index (χ2v) is 3.82. The number of nitrogen functional groups attached to an aromatic ring is 1. The Labute approximate surface area is 107 Å². The topological polar surface area (TPSA) is 70.1 Å². The zero-order chi connectivity index (χ0) is 14.2. The van der Waals surface area contributed by atoms with Gasteiger partial charge in [0.05, 0.1) is 12.8 Å². The summed E-state index contributed by atoms with van der Waals surface area (Å²) in [4.78, 5) is 15.4. The van der Waals surface area contributed by atoms with Crippen molar-refractivity contribution in [2.24, 2.45) is 0 Å². The molecule has 2 rings (SSSR count). The Morgan fingerprint density at radius 3 is 2.68 bits per heavy atom. The van der Waals surface area contributed by atoms with E-state index in [0.717, 1.165) is 12.1 Å². The van der Waals surface area contributed by atoms with E-state index in [1.807, 2.05) is 0 Å². The van der Waals surface area contributed by atoms with E-state index >= 15 is 0 Å². The van der Waals surface area contributed by atoms with E-state index in [9.17, 15) is 13.6 Å². The number of imidazole rings is 1.